The number of hydrogen-bond acceptors (Lipinski definition) is 1. The molecule has 0 amide bonds. The minimum absolute atomic E-state index is 0.378. The Hall–Kier alpha value is -0.820. The molecule has 2 unspecified atom stereocenters. The Bertz CT molecular complexity index is 442. The predicted molar refractivity (Wildman–Crippen MR) is 88.1 cm³/mol. The molecule has 0 heterocycles. The largest absolute Gasteiger partial charge is 0.313 e. The molecule has 20 heavy (non-hydrogen) atoms. The molecule has 1 N–H and O–H groups in total. The zero-order valence-corrected chi connectivity index (χ0v) is 13.9. The third-order valence-electron chi connectivity index (χ3n) is 5.19. The maximum Gasteiger partial charge on any atom is 0.0320 e. The zero-order chi connectivity index (χ0) is 14.8. The van der Waals surface area contributed by atoms with Crippen LogP contribution >= 0.6 is 0 Å². The fourth-order valence-electron chi connectivity index (χ4n) is 3.10. The highest BCUT2D eigenvalue weighted by atomic mass is 14.9. The Morgan fingerprint density at radius 1 is 1.10 bits per heavy atom. The smallest absolute Gasteiger partial charge is 0.0320 e. The van der Waals surface area contributed by atoms with Gasteiger partial charge in [-0.2, -0.15) is 0 Å². The number of rotatable bonds is 4. The van der Waals surface area contributed by atoms with Crippen LogP contribution in [0.5, 0.6) is 0 Å². The molecule has 0 radical (unpaired) electrons. The zero-order valence-electron chi connectivity index (χ0n) is 13.9. The second kappa shape index (κ2) is 6.30. The Morgan fingerprint density at radius 3 is 2.35 bits per heavy atom. The van der Waals surface area contributed by atoms with E-state index in [0.717, 1.165) is 0 Å². The van der Waals surface area contributed by atoms with Gasteiger partial charge in [0.2, 0.25) is 0 Å². The summed E-state index contributed by atoms with van der Waals surface area (Å²) in [6.45, 7) is 9.41. The van der Waals surface area contributed by atoms with Crippen molar-refractivity contribution in [2.45, 2.75) is 65.8 Å². The van der Waals surface area contributed by atoms with Crippen LogP contribution in [-0.4, -0.2) is 7.05 Å². The highest BCUT2D eigenvalue weighted by Gasteiger charge is 2.24. The van der Waals surface area contributed by atoms with Crippen LogP contribution in [0.15, 0.2) is 18.2 Å². The Labute approximate surface area is 125 Å². The van der Waals surface area contributed by atoms with Gasteiger partial charge in [-0.05, 0) is 67.2 Å². The van der Waals surface area contributed by atoms with Gasteiger partial charge in [0.05, 0.1) is 0 Å². The third-order valence-corrected chi connectivity index (χ3v) is 5.19. The molecular formula is C19H31N. The van der Waals surface area contributed by atoms with Gasteiger partial charge >= 0.3 is 0 Å². The summed E-state index contributed by atoms with van der Waals surface area (Å²) >= 11 is 0. The van der Waals surface area contributed by atoms with Gasteiger partial charge in [-0.1, -0.05) is 45.9 Å². The highest BCUT2D eigenvalue weighted by Crippen LogP contribution is 2.34. The summed E-state index contributed by atoms with van der Waals surface area (Å²) in [7, 11) is 2.10. The molecule has 112 valence electrons. The van der Waals surface area contributed by atoms with Crippen LogP contribution in [0.1, 0.15) is 69.7 Å². The maximum atomic E-state index is 3.53. The average Bonchev–Trinajstić information content (AvgIpc) is 2.43. The van der Waals surface area contributed by atoms with Crippen molar-refractivity contribution in [3.8, 4) is 0 Å². The van der Waals surface area contributed by atoms with Crippen LogP contribution < -0.4 is 5.32 Å². The molecule has 0 fully saturated rings. The van der Waals surface area contributed by atoms with E-state index in [9.17, 15) is 0 Å². The first-order valence-corrected chi connectivity index (χ1v) is 8.21. The summed E-state index contributed by atoms with van der Waals surface area (Å²) in [5.41, 5.74) is 5.03. The molecule has 0 aliphatic heterocycles. The normalized spacial score (nSPS) is 18.4. The van der Waals surface area contributed by atoms with Crippen LogP contribution in [0.25, 0.3) is 0 Å². The summed E-state index contributed by atoms with van der Waals surface area (Å²) < 4.78 is 0. The summed E-state index contributed by atoms with van der Waals surface area (Å²) in [6, 6.07) is 7.67. The van der Waals surface area contributed by atoms with Crippen molar-refractivity contribution >= 4 is 0 Å². The minimum Gasteiger partial charge on any atom is -0.313 e. The van der Waals surface area contributed by atoms with Crippen molar-refractivity contribution in [1.29, 1.82) is 0 Å². The first-order valence-electron chi connectivity index (χ1n) is 8.21. The number of aryl methyl sites for hydroxylation is 2. The van der Waals surface area contributed by atoms with E-state index in [0.29, 0.717) is 17.4 Å². The number of hydrogen-bond donors (Lipinski definition) is 1. The fourth-order valence-corrected chi connectivity index (χ4v) is 3.10. The lowest BCUT2D eigenvalue weighted by Crippen LogP contribution is -2.25. The Morgan fingerprint density at radius 2 is 1.75 bits per heavy atom. The van der Waals surface area contributed by atoms with Crippen LogP contribution in [0.4, 0.5) is 0 Å². The lowest BCUT2D eigenvalue weighted by Gasteiger charge is -2.31. The molecule has 0 saturated carbocycles. The van der Waals surface area contributed by atoms with E-state index in [1.54, 1.807) is 11.1 Å². The molecule has 2 atom stereocenters. The topological polar surface area (TPSA) is 12.0 Å². The fraction of sp³-hybridized carbons (Fsp3) is 0.684. The lowest BCUT2D eigenvalue weighted by atomic mass is 9.77. The molecule has 1 aliphatic carbocycles. The van der Waals surface area contributed by atoms with Gasteiger partial charge < -0.3 is 5.32 Å². The molecule has 1 aliphatic rings. The number of benzene rings is 1. The molecule has 1 aromatic rings. The standard InChI is InChI=1S/C19H31N/c1-14(19(2,3)4)12-18(20-5)17-11-10-15-8-6-7-9-16(15)13-17/h10-11,13-14,18,20H,6-9,12H2,1-5H3. The van der Waals surface area contributed by atoms with Gasteiger partial charge in [0, 0.05) is 6.04 Å². The highest BCUT2D eigenvalue weighted by molar-refractivity contribution is 5.35. The van der Waals surface area contributed by atoms with Crippen molar-refractivity contribution in [1.82, 2.24) is 5.32 Å². The van der Waals surface area contributed by atoms with Crippen LogP contribution in [-0.2, 0) is 12.8 Å². The first kappa shape index (κ1) is 15.6. The van der Waals surface area contributed by atoms with Crippen molar-refractivity contribution in [3.05, 3.63) is 34.9 Å². The SMILES string of the molecule is CNC(CC(C)C(C)(C)C)c1ccc2c(c1)CCCC2. The predicted octanol–water partition coefficient (Wildman–Crippen LogP) is 4.90. The average molecular weight is 273 g/mol. The lowest BCUT2D eigenvalue weighted by molar-refractivity contribution is 0.226. The van der Waals surface area contributed by atoms with E-state index >= 15 is 0 Å². The van der Waals surface area contributed by atoms with E-state index in [1.807, 2.05) is 0 Å². The van der Waals surface area contributed by atoms with Crippen LogP contribution in [0.2, 0.25) is 0 Å². The molecule has 1 aromatic carbocycles. The molecule has 0 aromatic heterocycles. The third kappa shape index (κ3) is 3.63. The van der Waals surface area contributed by atoms with Gasteiger partial charge in [-0.25, -0.2) is 0 Å². The van der Waals surface area contributed by atoms with Crippen molar-refractivity contribution < 1.29 is 0 Å². The van der Waals surface area contributed by atoms with E-state index in [1.165, 1.54) is 37.7 Å². The van der Waals surface area contributed by atoms with Gasteiger partial charge in [0.25, 0.3) is 0 Å². The van der Waals surface area contributed by atoms with Crippen LogP contribution in [0.3, 0.4) is 0 Å². The van der Waals surface area contributed by atoms with Crippen molar-refractivity contribution in [3.63, 3.8) is 0 Å². The van der Waals surface area contributed by atoms with E-state index in [4.69, 9.17) is 0 Å². The quantitative estimate of drug-likeness (QED) is 0.823. The van der Waals surface area contributed by atoms with Crippen LogP contribution in [0, 0.1) is 11.3 Å². The minimum atomic E-state index is 0.378. The van der Waals surface area contributed by atoms with Crippen molar-refractivity contribution in [2.75, 3.05) is 7.05 Å². The van der Waals surface area contributed by atoms with Gasteiger partial charge in [-0.15, -0.1) is 0 Å². The molecule has 0 bridgehead atoms. The monoisotopic (exact) mass is 273 g/mol. The van der Waals surface area contributed by atoms with E-state index < -0.39 is 0 Å². The second-order valence-corrected chi connectivity index (χ2v) is 7.58. The number of nitrogens with one attached hydrogen (secondary N) is 1. The Kier molecular flexibility index (Phi) is 4.90. The Balaban J connectivity index is 2.15. The number of fused-ring (bicyclic) bond motifs is 1. The van der Waals surface area contributed by atoms with Gasteiger partial charge in [-0.3, -0.25) is 0 Å². The molecular weight excluding hydrogens is 242 g/mol. The summed E-state index contributed by atoms with van der Waals surface area (Å²) in [4.78, 5) is 0. The molecule has 0 saturated heterocycles. The van der Waals surface area contributed by atoms with Crippen molar-refractivity contribution in [2.24, 2.45) is 11.3 Å². The molecule has 1 nitrogen and oxygen atoms in total. The molecule has 1 heteroatoms. The van der Waals surface area contributed by atoms with E-state index in [-0.39, 0.29) is 0 Å². The molecule has 2 rings (SSSR count). The first-order chi connectivity index (χ1) is 9.41. The maximum absolute atomic E-state index is 3.53. The summed E-state index contributed by atoms with van der Waals surface area (Å²) in [6.07, 6.45) is 6.48. The van der Waals surface area contributed by atoms with E-state index in [2.05, 4.69) is 58.3 Å². The van der Waals surface area contributed by atoms with Gasteiger partial charge in [0.15, 0.2) is 0 Å². The van der Waals surface area contributed by atoms with Gasteiger partial charge in [0.1, 0.15) is 0 Å². The summed E-state index contributed by atoms with van der Waals surface area (Å²) in [5, 5.41) is 3.53. The second-order valence-electron chi connectivity index (χ2n) is 7.58. The summed E-state index contributed by atoms with van der Waals surface area (Å²) in [5.74, 6) is 0.705. The molecule has 0 spiro atoms.